The molecule has 1 aromatic rings. The van der Waals surface area contributed by atoms with Crippen molar-refractivity contribution in [3.63, 3.8) is 0 Å². The van der Waals surface area contributed by atoms with E-state index < -0.39 is 0 Å². The highest BCUT2D eigenvalue weighted by atomic mass is 32.2. The van der Waals surface area contributed by atoms with E-state index in [9.17, 15) is 4.79 Å². The number of aromatic nitrogens is 4. The van der Waals surface area contributed by atoms with Gasteiger partial charge in [-0.25, -0.2) is 4.68 Å². The zero-order valence-corrected chi connectivity index (χ0v) is 15.3. The summed E-state index contributed by atoms with van der Waals surface area (Å²) in [7, 11) is 1.82. The molecule has 134 valence electrons. The van der Waals surface area contributed by atoms with Crippen LogP contribution in [0.25, 0.3) is 0 Å². The normalized spacial score (nSPS) is 21.0. The number of amides is 1. The van der Waals surface area contributed by atoms with Gasteiger partial charge in [0.15, 0.2) is 0 Å². The lowest BCUT2D eigenvalue weighted by molar-refractivity contribution is -0.126. The van der Waals surface area contributed by atoms with Crippen LogP contribution in [0.1, 0.15) is 44.9 Å². The highest BCUT2D eigenvalue weighted by Gasteiger charge is 2.29. The number of nitrogens with one attached hydrogen (secondary N) is 1. The Balaban J connectivity index is 1.32. The van der Waals surface area contributed by atoms with Crippen molar-refractivity contribution in [3.05, 3.63) is 0 Å². The molecule has 1 aromatic heterocycles. The number of carbonyl (C=O) groups is 1. The Morgan fingerprint density at radius 2 is 1.96 bits per heavy atom. The van der Waals surface area contributed by atoms with Crippen LogP contribution in [-0.4, -0.2) is 62.4 Å². The molecular weight excluding hydrogens is 324 g/mol. The van der Waals surface area contributed by atoms with Crippen molar-refractivity contribution in [3.8, 4) is 0 Å². The monoisotopic (exact) mass is 352 g/mol. The van der Waals surface area contributed by atoms with Crippen LogP contribution in [-0.2, 0) is 11.8 Å². The largest absolute Gasteiger partial charge is 0.355 e. The van der Waals surface area contributed by atoms with E-state index in [4.69, 9.17) is 0 Å². The van der Waals surface area contributed by atoms with Crippen molar-refractivity contribution in [2.45, 2.75) is 56.1 Å². The van der Waals surface area contributed by atoms with Gasteiger partial charge in [-0.1, -0.05) is 31.0 Å². The van der Waals surface area contributed by atoms with Crippen LogP contribution in [0.3, 0.4) is 0 Å². The molecule has 1 saturated carbocycles. The van der Waals surface area contributed by atoms with Crippen molar-refractivity contribution in [1.82, 2.24) is 30.4 Å². The number of piperidine rings is 1. The Kier molecular flexibility index (Phi) is 6.48. The number of likely N-dealkylation sites (tertiary alicyclic amines) is 1. The predicted molar refractivity (Wildman–Crippen MR) is 93.7 cm³/mol. The minimum atomic E-state index is 0.186. The zero-order valence-electron chi connectivity index (χ0n) is 14.5. The lowest BCUT2D eigenvalue weighted by Crippen LogP contribution is -2.45. The first-order valence-electron chi connectivity index (χ1n) is 9.11. The molecule has 0 radical (unpaired) electrons. The van der Waals surface area contributed by atoms with Crippen molar-refractivity contribution in [2.75, 3.05) is 25.4 Å². The molecule has 1 amide bonds. The van der Waals surface area contributed by atoms with E-state index in [0.717, 1.165) is 42.9 Å². The van der Waals surface area contributed by atoms with Gasteiger partial charge in [-0.3, -0.25) is 4.79 Å². The van der Waals surface area contributed by atoms with Crippen LogP contribution < -0.4 is 5.32 Å². The van der Waals surface area contributed by atoms with Crippen molar-refractivity contribution in [1.29, 1.82) is 0 Å². The number of thioether (sulfide) groups is 1. The maximum absolute atomic E-state index is 12.3. The van der Waals surface area contributed by atoms with E-state index in [2.05, 4.69) is 25.7 Å². The number of hydrogen-bond donors (Lipinski definition) is 1. The topological polar surface area (TPSA) is 75.9 Å². The van der Waals surface area contributed by atoms with Gasteiger partial charge in [0.25, 0.3) is 0 Å². The Labute approximate surface area is 147 Å². The molecule has 1 aliphatic carbocycles. The van der Waals surface area contributed by atoms with Crippen LogP contribution in [0, 0.1) is 5.92 Å². The molecule has 1 aliphatic heterocycles. The average molecular weight is 353 g/mol. The fraction of sp³-hybridized carbons (Fsp3) is 0.875. The molecule has 24 heavy (non-hydrogen) atoms. The summed E-state index contributed by atoms with van der Waals surface area (Å²) in [6.07, 6.45) is 8.87. The molecule has 0 spiro atoms. The number of aryl methyl sites for hydroxylation is 1. The number of rotatable bonds is 6. The van der Waals surface area contributed by atoms with Gasteiger partial charge in [0.2, 0.25) is 11.1 Å². The number of nitrogens with zero attached hydrogens (tertiary/aromatic N) is 5. The number of carbonyl (C=O) groups excluding carboxylic acids is 1. The quantitative estimate of drug-likeness (QED) is 0.617. The third-order valence-corrected chi connectivity index (χ3v) is 6.22. The second-order valence-electron chi connectivity index (χ2n) is 6.83. The summed E-state index contributed by atoms with van der Waals surface area (Å²) in [6.45, 7) is 2.84. The van der Waals surface area contributed by atoms with Crippen LogP contribution in [0.15, 0.2) is 5.16 Å². The summed E-state index contributed by atoms with van der Waals surface area (Å²) in [4.78, 5) is 14.9. The summed E-state index contributed by atoms with van der Waals surface area (Å²) >= 11 is 1.57. The Hall–Kier alpha value is -1.15. The predicted octanol–water partition coefficient (Wildman–Crippen LogP) is 1.46. The zero-order chi connectivity index (χ0) is 16.8. The van der Waals surface area contributed by atoms with E-state index in [1.807, 2.05) is 7.05 Å². The van der Waals surface area contributed by atoms with Gasteiger partial charge in [0.05, 0.1) is 0 Å². The molecule has 8 heteroatoms. The minimum absolute atomic E-state index is 0.186. The third-order valence-electron chi connectivity index (χ3n) is 5.21. The first-order valence-corrected chi connectivity index (χ1v) is 10.1. The SMILES string of the molecule is Cn1nnnc1SCCNC(=O)C1CCN(C2CCCCC2)CC1. The fourth-order valence-corrected chi connectivity index (χ4v) is 4.48. The number of hydrogen-bond acceptors (Lipinski definition) is 6. The van der Waals surface area contributed by atoms with Crippen molar-refractivity contribution >= 4 is 17.7 Å². The minimum Gasteiger partial charge on any atom is -0.355 e. The Morgan fingerprint density at radius 3 is 2.62 bits per heavy atom. The molecular formula is C16H28N6OS. The van der Waals surface area contributed by atoms with Gasteiger partial charge < -0.3 is 10.2 Å². The summed E-state index contributed by atoms with van der Waals surface area (Å²) in [5.41, 5.74) is 0. The maximum Gasteiger partial charge on any atom is 0.223 e. The second-order valence-corrected chi connectivity index (χ2v) is 7.89. The third kappa shape index (κ3) is 4.69. The molecule has 0 unspecified atom stereocenters. The summed E-state index contributed by atoms with van der Waals surface area (Å²) in [5.74, 6) is 1.20. The molecule has 0 atom stereocenters. The molecule has 1 N–H and O–H groups in total. The smallest absolute Gasteiger partial charge is 0.223 e. The van der Waals surface area contributed by atoms with Crippen molar-refractivity contribution < 1.29 is 4.79 Å². The van der Waals surface area contributed by atoms with E-state index in [-0.39, 0.29) is 11.8 Å². The van der Waals surface area contributed by atoms with Gasteiger partial charge in [0.1, 0.15) is 0 Å². The standard InChI is InChI=1S/C16H28N6OS/c1-21-16(18-19-20-21)24-12-9-17-15(23)13-7-10-22(11-8-13)14-5-3-2-4-6-14/h13-14H,2-12H2,1H3,(H,17,23). The van der Waals surface area contributed by atoms with Crippen LogP contribution >= 0.6 is 11.8 Å². The molecule has 0 bridgehead atoms. The average Bonchev–Trinajstić information content (AvgIpc) is 3.04. The molecule has 2 heterocycles. The Bertz CT molecular complexity index is 522. The van der Waals surface area contributed by atoms with Crippen molar-refractivity contribution in [2.24, 2.45) is 13.0 Å². The lowest BCUT2D eigenvalue weighted by atomic mass is 9.90. The summed E-state index contributed by atoms with van der Waals surface area (Å²) in [5, 5.41) is 15.2. The van der Waals surface area contributed by atoms with Gasteiger partial charge in [-0.15, -0.1) is 5.10 Å². The van der Waals surface area contributed by atoms with Gasteiger partial charge >= 0.3 is 0 Å². The van der Waals surface area contributed by atoms with E-state index in [0.29, 0.717) is 6.54 Å². The van der Waals surface area contributed by atoms with Gasteiger partial charge in [-0.05, 0) is 49.2 Å². The first-order chi connectivity index (χ1) is 11.7. The molecule has 7 nitrogen and oxygen atoms in total. The summed E-state index contributed by atoms with van der Waals surface area (Å²) in [6, 6.07) is 0.777. The first kappa shape index (κ1) is 17.7. The fourth-order valence-electron chi connectivity index (χ4n) is 3.78. The maximum atomic E-state index is 12.3. The van der Waals surface area contributed by atoms with E-state index in [1.165, 1.54) is 32.1 Å². The molecule has 3 rings (SSSR count). The highest BCUT2D eigenvalue weighted by molar-refractivity contribution is 7.99. The Morgan fingerprint density at radius 1 is 1.21 bits per heavy atom. The number of tetrazole rings is 1. The van der Waals surface area contributed by atoms with E-state index in [1.54, 1.807) is 16.4 Å². The highest BCUT2D eigenvalue weighted by Crippen LogP contribution is 2.27. The lowest BCUT2D eigenvalue weighted by Gasteiger charge is -2.38. The molecule has 2 aliphatic rings. The van der Waals surface area contributed by atoms with Crippen LogP contribution in [0.4, 0.5) is 0 Å². The summed E-state index contributed by atoms with van der Waals surface area (Å²) < 4.78 is 1.65. The van der Waals surface area contributed by atoms with Gasteiger partial charge in [0, 0.05) is 31.3 Å². The molecule has 0 aromatic carbocycles. The van der Waals surface area contributed by atoms with Crippen LogP contribution in [0.5, 0.6) is 0 Å². The van der Waals surface area contributed by atoms with E-state index >= 15 is 0 Å². The molecule has 1 saturated heterocycles. The van der Waals surface area contributed by atoms with Crippen LogP contribution in [0.2, 0.25) is 0 Å². The second kappa shape index (κ2) is 8.80. The molecule has 2 fully saturated rings. The van der Waals surface area contributed by atoms with Gasteiger partial charge in [-0.2, -0.15) is 0 Å².